The second-order valence-electron chi connectivity index (χ2n) is 3.21. The minimum Gasteiger partial charge on any atom is -0.324 e. The van der Waals surface area contributed by atoms with Gasteiger partial charge in [-0.05, 0) is 6.42 Å². The Morgan fingerprint density at radius 3 is 1.53 bits per heavy atom. The molecular weight excluding hydrogens is 297 g/mol. The van der Waals surface area contributed by atoms with Crippen LogP contribution in [0.1, 0.15) is 6.42 Å². The maximum absolute atomic E-state index is 10.8. The lowest BCUT2D eigenvalue weighted by atomic mass is 10.4. The monoisotopic (exact) mass is 310 g/mol. The highest BCUT2D eigenvalue weighted by molar-refractivity contribution is 7.70. The average Bonchev–Trinajstić information content (AvgIpc) is 1.95. The first-order chi connectivity index (χ1) is 7.34. The Morgan fingerprint density at radius 2 is 1.24 bits per heavy atom. The molecule has 0 aromatic carbocycles. The van der Waals surface area contributed by atoms with E-state index in [9.17, 15) is 13.7 Å². The molecule has 0 aliphatic heterocycles. The number of hydrogen-bond acceptors (Lipinski definition) is 3. The number of hydrogen-bond donors (Lipinski definition) is 6. The van der Waals surface area contributed by atoms with Crippen molar-refractivity contribution in [2.24, 2.45) is 0 Å². The second-order valence-corrected chi connectivity index (χ2v) is 8.92. The molecule has 0 heterocycles. The third-order valence-corrected chi connectivity index (χ3v) is 6.10. The van der Waals surface area contributed by atoms with Crippen molar-refractivity contribution in [3.05, 3.63) is 12.2 Å². The van der Waals surface area contributed by atoms with Gasteiger partial charge >= 0.3 is 22.8 Å². The van der Waals surface area contributed by atoms with E-state index in [1.165, 1.54) is 0 Å². The van der Waals surface area contributed by atoms with Crippen LogP contribution in [0.2, 0.25) is 0 Å². The average molecular weight is 310 g/mol. The molecule has 0 saturated carbocycles. The lowest BCUT2D eigenvalue weighted by Crippen LogP contribution is -2.07. The van der Waals surface area contributed by atoms with Crippen molar-refractivity contribution in [3.8, 4) is 0 Å². The van der Waals surface area contributed by atoms with Gasteiger partial charge in [0, 0.05) is 0 Å². The van der Waals surface area contributed by atoms with Crippen LogP contribution in [-0.4, -0.2) is 40.9 Å². The summed E-state index contributed by atoms with van der Waals surface area (Å²) in [7, 11) is -14.3. The van der Waals surface area contributed by atoms with Gasteiger partial charge in [-0.25, -0.2) is 0 Å². The van der Waals surface area contributed by atoms with Crippen LogP contribution in [0.5, 0.6) is 0 Å². The molecule has 0 unspecified atom stereocenters. The molecule has 0 radical (unpaired) electrons. The minimum absolute atomic E-state index is 0.665. The van der Waals surface area contributed by atoms with Gasteiger partial charge < -0.3 is 29.4 Å². The van der Waals surface area contributed by atoms with Gasteiger partial charge in [0.1, 0.15) is 0 Å². The molecule has 0 aromatic rings. The summed E-state index contributed by atoms with van der Waals surface area (Å²) in [5.74, 6) is 0. The van der Waals surface area contributed by atoms with E-state index in [2.05, 4.69) is 0 Å². The molecule has 12 heteroatoms. The molecule has 0 spiro atoms. The Bertz CT molecular complexity index is 388. The molecule has 6 N–H and O–H groups in total. The van der Waals surface area contributed by atoms with Crippen LogP contribution in [0.25, 0.3) is 0 Å². The standard InChI is InChI=1S/C5H13O9P3/c6-15(7,8)4-2-1-3-5(16(9,10)11)17(12,13)14/h1-2,5H,3-4H2,(H2,6,7,8)(H2,9,10,11)(H2,12,13,14)/b2-1+. The van der Waals surface area contributed by atoms with Crippen molar-refractivity contribution in [3.63, 3.8) is 0 Å². The smallest absolute Gasteiger partial charge is 0.324 e. The van der Waals surface area contributed by atoms with Gasteiger partial charge in [-0.15, -0.1) is 0 Å². The summed E-state index contributed by atoms with van der Waals surface area (Å²) in [6, 6.07) is 0. The first-order valence-electron chi connectivity index (χ1n) is 4.14. The van der Waals surface area contributed by atoms with Gasteiger partial charge in [-0.2, -0.15) is 0 Å². The first-order valence-corrected chi connectivity index (χ1v) is 9.30. The van der Waals surface area contributed by atoms with E-state index in [4.69, 9.17) is 29.4 Å². The summed E-state index contributed by atoms with van der Waals surface area (Å²) in [6.07, 6.45) is 0.498. The van der Waals surface area contributed by atoms with Gasteiger partial charge in [-0.3, -0.25) is 13.7 Å². The normalized spacial score (nSPS) is 14.8. The fourth-order valence-corrected chi connectivity index (χ4v) is 3.68. The van der Waals surface area contributed by atoms with Crippen molar-refractivity contribution in [1.82, 2.24) is 0 Å². The predicted octanol–water partition coefficient (Wildman–Crippen LogP) is -0.208. The Hall–Kier alpha value is 0.190. The van der Waals surface area contributed by atoms with Crippen LogP contribution in [0.3, 0.4) is 0 Å². The summed E-state index contributed by atoms with van der Waals surface area (Å²) in [5.41, 5.74) is 0. The minimum atomic E-state index is -4.99. The van der Waals surface area contributed by atoms with Crippen LogP contribution < -0.4 is 0 Å². The maximum Gasteiger partial charge on any atom is 0.341 e. The number of allylic oxidation sites excluding steroid dienone is 2. The molecule has 0 bridgehead atoms. The molecule has 0 fully saturated rings. The molecule has 0 rings (SSSR count). The van der Waals surface area contributed by atoms with E-state index in [1.807, 2.05) is 0 Å². The second kappa shape index (κ2) is 5.89. The summed E-state index contributed by atoms with van der Waals surface area (Å²) < 4.78 is 32.0. The van der Waals surface area contributed by atoms with Crippen molar-refractivity contribution < 1.29 is 43.1 Å². The zero-order chi connectivity index (χ0) is 13.9. The molecule has 0 atom stereocenters. The Kier molecular flexibility index (Phi) is 5.95. The summed E-state index contributed by atoms with van der Waals surface area (Å²) in [5, 5.41) is -2.19. The van der Waals surface area contributed by atoms with Crippen molar-refractivity contribution in [2.45, 2.75) is 11.8 Å². The zero-order valence-electron chi connectivity index (χ0n) is 8.40. The summed E-state index contributed by atoms with van der Waals surface area (Å²) in [4.78, 5) is 51.7. The van der Waals surface area contributed by atoms with E-state index >= 15 is 0 Å². The molecule has 0 aliphatic carbocycles. The Morgan fingerprint density at radius 1 is 0.824 bits per heavy atom. The predicted molar refractivity (Wildman–Crippen MR) is 58.5 cm³/mol. The molecule has 9 nitrogen and oxygen atoms in total. The molecular formula is C5H13O9P3. The fraction of sp³-hybridized carbons (Fsp3) is 0.600. The topological polar surface area (TPSA) is 173 Å². The lowest BCUT2D eigenvalue weighted by Gasteiger charge is -2.17. The van der Waals surface area contributed by atoms with Gasteiger partial charge in [0.25, 0.3) is 0 Å². The largest absolute Gasteiger partial charge is 0.341 e. The van der Waals surface area contributed by atoms with Gasteiger partial charge in [0.15, 0.2) is 5.40 Å². The maximum atomic E-state index is 10.8. The quantitative estimate of drug-likeness (QED) is 0.286. The SMILES string of the molecule is O=P(O)(O)C/C=C/CC(P(=O)(O)O)P(=O)(O)O. The zero-order valence-corrected chi connectivity index (χ0v) is 11.1. The van der Waals surface area contributed by atoms with Crippen LogP contribution in [0.4, 0.5) is 0 Å². The highest BCUT2D eigenvalue weighted by atomic mass is 31.2. The van der Waals surface area contributed by atoms with Gasteiger partial charge in [0.2, 0.25) is 0 Å². The third kappa shape index (κ3) is 8.00. The van der Waals surface area contributed by atoms with Crippen LogP contribution >= 0.6 is 22.8 Å². The van der Waals surface area contributed by atoms with Crippen LogP contribution in [-0.2, 0) is 13.7 Å². The first kappa shape index (κ1) is 17.2. The van der Waals surface area contributed by atoms with Gasteiger partial charge in [-0.1, -0.05) is 12.2 Å². The molecule has 17 heavy (non-hydrogen) atoms. The van der Waals surface area contributed by atoms with Gasteiger partial charge in [0.05, 0.1) is 6.16 Å². The third-order valence-electron chi connectivity index (χ3n) is 1.63. The Balaban J connectivity index is 4.67. The molecule has 0 saturated heterocycles. The van der Waals surface area contributed by atoms with Crippen LogP contribution in [0.15, 0.2) is 12.2 Å². The fourth-order valence-electron chi connectivity index (χ4n) is 0.900. The molecule has 0 amide bonds. The van der Waals surface area contributed by atoms with E-state index < -0.39 is 40.8 Å². The van der Waals surface area contributed by atoms with E-state index in [1.54, 1.807) is 0 Å². The van der Waals surface area contributed by atoms with Crippen molar-refractivity contribution in [1.29, 1.82) is 0 Å². The molecule has 102 valence electrons. The summed E-state index contributed by atoms with van der Waals surface area (Å²) >= 11 is 0. The highest BCUT2D eigenvalue weighted by Crippen LogP contribution is 2.61. The molecule has 0 aliphatic rings. The lowest BCUT2D eigenvalue weighted by molar-refractivity contribution is 0.338. The van der Waals surface area contributed by atoms with E-state index in [0.29, 0.717) is 0 Å². The van der Waals surface area contributed by atoms with Crippen molar-refractivity contribution >= 4 is 22.8 Å². The highest BCUT2D eigenvalue weighted by Gasteiger charge is 2.42. The summed E-state index contributed by atoms with van der Waals surface area (Å²) in [6.45, 7) is 0. The van der Waals surface area contributed by atoms with E-state index in [0.717, 1.165) is 12.2 Å². The molecule has 0 aromatic heterocycles. The van der Waals surface area contributed by atoms with Crippen molar-refractivity contribution in [2.75, 3.05) is 6.16 Å². The van der Waals surface area contributed by atoms with Crippen LogP contribution in [0, 0.1) is 0 Å². The Labute approximate surface area is 96.7 Å². The van der Waals surface area contributed by atoms with E-state index in [-0.39, 0.29) is 0 Å². The number of rotatable bonds is 6.